The summed E-state index contributed by atoms with van der Waals surface area (Å²) in [6, 6.07) is 14.6. The Kier molecular flexibility index (Phi) is 5.04. The molecule has 4 N–H and O–H groups in total. The second kappa shape index (κ2) is 7.95. The van der Waals surface area contributed by atoms with Gasteiger partial charge in [0.1, 0.15) is 5.52 Å². The maximum absolute atomic E-state index is 11.6. The van der Waals surface area contributed by atoms with Gasteiger partial charge in [-0.25, -0.2) is 4.98 Å². The van der Waals surface area contributed by atoms with Crippen LogP contribution in [0.25, 0.3) is 11.2 Å². The van der Waals surface area contributed by atoms with Crippen molar-refractivity contribution in [1.82, 2.24) is 19.5 Å². The highest BCUT2D eigenvalue weighted by molar-refractivity contribution is 5.94. The van der Waals surface area contributed by atoms with E-state index in [-0.39, 0.29) is 17.7 Å². The average Bonchev–Trinajstić information content (AvgIpc) is 3.10. The van der Waals surface area contributed by atoms with Gasteiger partial charge < -0.3 is 20.9 Å². The van der Waals surface area contributed by atoms with Crippen LogP contribution >= 0.6 is 0 Å². The van der Waals surface area contributed by atoms with Crippen molar-refractivity contribution < 1.29 is 4.79 Å². The number of anilines is 4. The summed E-state index contributed by atoms with van der Waals surface area (Å²) < 4.78 is 1.75. The van der Waals surface area contributed by atoms with E-state index in [4.69, 9.17) is 5.73 Å². The van der Waals surface area contributed by atoms with E-state index in [2.05, 4.69) is 35.8 Å². The number of carbonyl (C=O) groups excluding carboxylic acids is 1. The molecule has 0 spiro atoms. The van der Waals surface area contributed by atoms with Crippen molar-refractivity contribution in [2.45, 2.75) is 6.92 Å². The Hall–Kier alpha value is -4.34. The van der Waals surface area contributed by atoms with Crippen molar-refractivity contribution in [3.8, 4) is 0 Å². The summed E-state index contributed by atoms with van der Waals surface area (Å²) in [5, 5.41) is 14.4. The van der Waals surface area contributed by atoms with Gasteiger partial charge in [0, 0.05) is 14.0 Å². The van der Waals surface area contributed by atoms with Crippen molar-refractivity contribution >= 4 is 51.6 Å². The number of imidazole rings is 1. The van der Waals surface area contributed by atoms with Crippen LogP contribution < -0.4 is 16.4 Å². The average molecular weight is 401 g/mol. The second-order valence-corrected chi connectivity index (χ2v) is 6.53. The lowest BCUT2D eigenvalue weighted by Crippen LogP contribution is -2.09. The zero-order valence-corrected chi connectivity index (χ0v) is 16.4. The van der Waals surface area contributed by atoms with E-state index in [9.17, 15) is 4.79 Å². The van der Waals surface area contributed by atoms with Gasteiger partial charge in [0.05, 0.1) is 29.1 Å². The fourth-order valence-corrected chi connectivity index (χ4v) is 2.81. The number of hydrogen-bond acceptors (Lipinski definition) is 8. The quantitative estimate of drug-likeness (QED) is 0.431. The predicted molar refractivity (Wildman–Crippen MR) is 115 cm³/mol. The summed E-state index contributed by atoms with van der Waals surface area (Å²) in [6.45, 7) is 1.43. The van der Waals surface area contributed by atoms with Crippen LogP contribution in [0.5, 0.6) is 0 Å². The fourth-order valence-electron chi connectivity index (χ4n) is 2.81. The van der Waals surface area contributed by atoms with Gasteiger partial charge in [0.2, 0.25) is 11.9 Å². The molecule has 0 aliphatic rings. The third kappa shape index (κ3) is 4.07. The maximum atomic E-state index is 11.6. The molecular weight excluding hydrogens is 382 g/mol. The van der Waals surface area contributed by atoms with Gasteiger partial charge in [-0.2, -0.15) is 20.2 Å². The van der Waals surface area contributed by atoms with E-state index in [0.717, 1.165) is 5.69 Å². The Balaban J connectivity index is 1.70. The normalized spacial score (nSPS) is 11.1. The number of nitrogens with one attached hydrogen (secondary N) is 2. The van der Waals surface area contributed by atoms with Gasteiger partial charge in [-0.15, -0.1) is 0 Å². The maximum Gasteiger partial charge on any atom is 0.231 e. The molecule has 150 valence electrons. The van der Waals surface area contributed by atoms with E-state index in [1.165, 1.54) is 6.92 Å². The molecule has 2 aromatic carbocycles. The second-order valence-electron chi connectivity index (χ2n) is 6.53. The molecule has 0 saturated carbocycles. The lowest BCUT2D eigenvalue weighted by Gasteiger charge is -2.12. The number of hydrogen-bond donors (Lipinski definition) is 3. The summed E-state index contributed by atoms with van der Waals surface area (Å²) in [5.74, 6) is 0.315. The minimum absolute atomic E-state index is 0.209. The number of aryl methyl sites for hydroxylation is 1. The molecule has 1 amide bonds. The third-order valence-corrected chi connectivity index (χ3v) is 4.18. The number of rotatable bonds is 5. The molecule has 10 heteroatoms. The number of nitrogens with two attached hydrogens (primary N) is 1. The summed E-state index contributed by atoms with van der Waals surface area (Å²) >= 11 is 0. The number of fused-ring (bicyclic) bond motifs is 1. The Morgan fingerprint density at radius 3 is 2.57 bits per heavy atom. The first-order valence-electron chi connectivity index (χ1n) is 9.09. The van der Waals surface area contributed by atoms with Crippen LogP contribution in [-0.2, 0) is 11.8 Å². The first-order chi connectivity index (χ1) is 14.5. The minimum Gasteiger partial charge on any atom is -0.382 e. The topological polar surface area (TPSA) is 135 Å². The van der Waals surface area contributed by atoms with E-state index in [1.807, 2.05) is 37.4 Å². The van der Waals surface area contributed by atoms with Gasteiger partial charge >= 0.3 is 0 Å². The van der Waals surface area contributed by atoms with E-state index in [0.29, 0.717) is 28.2 Å². The number of carbonyl (C=O) groups is 1. The van der Waals surface area contributed by atoms with Crippen LogP contribution in [0.3, 0.4) is 0 Å². The first-order valence-corrected chi connectivity index (χ1v) is 9.09. The highest BCUT2D eigenvalue weighted by Gasteiger charge is 2.12. The smallest absolute Gasteiger partial charge is 0.231 e. The number of azo groups is 1. The predicted octanol–water partition coefficient (Wildman–Crippen LogP) is 4.06. The van der Waals surface area contributed by atoms with Crippen molar-refractivity contribution in [2.75, 3.05) is 16.4 Å². The Bertz CT molecular complexity index is 1250. The fraction of sp³-hybridized carbons (Fsp3) is 0.100. The molecule has 0 radical (unpaired) electrons. The first kappa shape index (κ1) is 19.0. The van der Waals surface area contributed by atoms with Gasteiger partial charge in [-0.1, -0.05) is 18.2 Å². The molecule has 10 nitrogen and oxygen atoms in total. The lowest BCUT2D eigenvalue weighted by molar-refractivity contribution is -0.114. The molecule has 0 fully saturated rings. The Labute approximate surface area is 171 Å². The van der Waals surface area contributed by atoms with Crippen molar-refractivity contribution in [1.29, 1.82) is 0 Å². The van der Waals surface area contributed by atoms with Gasteiger partial charge in [0.15, 0.2) is 11.5 Å². The van der Waals surface area contributed by atoms with Crippen LogP contribution in [0.15, 0.2) is 65.1 Å². The monoisotopic (exact) mass is 401 g/mol. The summed E-state index contributed by atoms with van der Waals surface area (Å²) in [7, 11) is 1.82. The highest BCUT2D eigenvalue weighted by atomic mass is 16.1. The van der Waals surface area contributed by atoms with Crippen molar-refractivity contribution in [3.05, 3.63) is 54.9 Å². The third-order valence-electron chi connectivity index (χ3n) is 4.18. The van der Waals surface area contributed by atoms with Gasteiger partial charge in [-0.3, -0.25) is 4.79 Å². The highest BCUT2D eigenvalue weighted by Crippen LogP contribution is 2.31. The van der Waals surface area contributed by atoms with Crippen LogP contribution in [0.1, 0.15) is 6.92 Å². The van der Waals surface area contributed by atoms with Crippen LogP contribution in [0.2, 0.25) is 0 Å². The number of nitrogens with zero attached hydrogens (tertiary/aromatic N) is 6. The molecular formula is C20H19N9O. The number of benzene rings is 2. The van der Waals surface area contributed by atoms with E-state index >= 15 is 0 Å². The molecule has 30 heavy (non-hydrogen) atoms. The van der Waals surface area contributed by atoms with Crippen molar-refractivity contribution in [2.24, 2.45) is 17.3 Å². The Morgan fingerprint density at radius 1 is 1.03 bits per heavy atom. The van der Waals surface area contributed by atoms with Crippen LogP contribution in [0.4, 0.5) is 34.5 Å². The number of nitrogen functional groups attached to an aromatic ring is 1. The summed E-state index contributed by atoms with van der Waals surface area (Å²) in [6.07, 6.45) is 1.62. The summed E-state index contributed by atoms with van der Waals surface area (Å²) in [5.41, 5.74) is 9.55. The van der Waals surface area contributed by atoms with Crippen LogP contribution in [0, 0.1) is 0 Å². The zero-order valence-electron chi connectivity index (χ0n) is 16.4. The van der Waals surface area contributed by atoms with Gasteiger partial charge in [-0.05, 0) is 30.3 Å². The molecule has 0 atom stereocenters. The lowest BCUT2D eigenvalue weighted by atomic mass is 10.2. The van der Waals surface area contributed by atoms with Gasteiger partial charge in [0.25, 0.3) is 0 Å². The molecule has 0 saturated heterocycles. The Morgan fingerprint density at radius 2 is 1.80 bits per heavy atom. The molecule has 2 heterocycles. The molecule has 2 aromatic heterocycles. The molecule has 0 aliphatic heterocycles. The molecule has 4 aromatic rings. The van der Waals surface area contributed by atoms with Crippen LogP contribution in [-0.4, -0.2) is 25.4 Å². The minimum atomic E-state index is -0.209. The number of amides is 1. The molecule has 0 unspecified atom stereocenters. The molecule has 0 aliphatic carbocycles. The largest absolute Gasteiger partial charge is 0.382 e. The van der Waals surface area contributed by atoms with E-state index < -0.39 is 0 Å². The van der Waals surface area contributed by atoms with Crippen molar-refractivity contribution in [3.63, 3.8) is 0 Å². The standard InChI is InChI=1S/C20H19N9O/c1-12(30)23-15-9-8-14(28-27-13-6-4-3-5-7-13)10-16(15)24-20-25-18(21)17-19(26-20)29(2)11-22-17/h3-11H,1-2H3,(H,23,30)(H3,21,24,25,26)/b28-27+. The molecule has 0 bridgehead atoms. The number of aromatic nitrogens is 4. The SMILES string of the molecule is CC(=O)Nc1ccc(/N=N/c2ccccc2)cc1Nc1nc(N)c2ncn(C)c2n1. The van der Waals surface area contributed by atoms with E-state index in [1.54, 1.807) is 29.1 Å². The summed E-state index contributed by atoms with van der Waals surface area (Å²) in [4.78, 5) is 24.5. The zero-order chi connectivity index (χ0) is 21.1. The molecule has 4 rings (SSSR count).